The summed E-state index contributed by atoms with van der Waals surface area (Å²) in [6.07, 6.45) is 0. The summed E-state index contributed by atoms with van der Waals surface area (Å²) in [6, 6.07) is 15.8. The third-order valence-electron chi connectivity index (χ3n) is 3.60. The van der Waals surface area contributed by atoms with Crippen molar-refractivity contribution in [2.24, 2.45) is 0 Å². The Hall–Kier alpha value is -2.05. The largest absolute Gasteiger partial charge is 0.397 e. The van der Waals surface area contributed by atoms with E-state index in [0.717, 1.165) is 20.8 Å². The van der Waals surface area contributed by atoms with Crippen LogP contribution in [0, 0.1) is 6.92 Å². The summed E-state index contributed by atoms with van der Waals surface area (Å²) in [7, 11) is -3.67. The van der Waals surface area contributed by atoms with Crippen molar-refractivity contribution < 1.29 is 8.42 Å². The Morgan fingerprint density at radius 2 is 1.70 bits per heavy atom. The molecule has 0 aliphatic heterocycles. The molecule has 3 aromatic carbocycles. The topological polar surface area (TPSA) is 72.2 Å². The van der Waals surface area contributed by atoms with Gasteiger partial charge in [0.2, 0.25) is 0 Å². The average Bonchev–Trinajstić information content (AvgIpc) is 2.50. The molecule has 6 heteroatoms. The van der Waals surface area contributed by atoms with Gasteiger partial charge in [-0.3, -0.25) is 4.72 Å². The predicted molar refractivity (Wildman–Crippen MR) is 98.0 cm³/mol. The molecule has 0 spiro atoms. The molecule has 0 atom stereocenters. The Kier molecular flexibility index (Phi) is 4.04. The third-order valence-corrected chi connectivity index (χ3v) is 5.47. The molecule has 118 valence electrons. The van der Waals surface area contributed by atoms with Gasteiger partial charge in [0.15, 0.2) is 0 Å². The van der Waals surface area contributed by atoms with E-state index < -0.39 is 10.0 Å². The first-order valence-corrected chi connectivity index (χ1v) is 9.22. The third kappa shape index (κ3) is 3.18. The fraction of sp³-hybridized carbons (Fsp3) is 0.0588. The second kappa shape index (κ2) is 5.86. The number of nitrogens with two attached hydrogens (primary N) is 1. The van der Waals surface area contributed by atoms with Crippen molar-refractivity contribution >= 4 is 48.1 Å². The molecule has 3 aromatic rings. The first kappa shape index (κ1) is 15.8. The minimum absolute atomic E-state index is 0.207. The van der Waals surface area contributed by atoms with Crippen molar-refractivity contribution in [3.05, 3.63) is 64.6 Å². The van der Waals surface area contributed by atoms with Crippen LogP contribution in [0.5, 0.6) is 0 Å². The molecular weight excluding hydrogens is 376 g/mol. The summed E-state index contributed by atoms with van der Waals surface area (Å²) in [5.41, 5.74) is 7.92. The number of nitrogens with one attached hydrogen (secondary N) is 1. The van der Waals surface area contributed by atoms with Gasteiger partial charge in [0.1, 0.15) is 0 Å². The van der Waals surface area contributed by atoms with Crippen LogP contribution in [-0.4, -0.2) is 8.42 Å². The highest BCUT2D eigenvalue weighted by Crippen LogP contribution is 2.31. The van der Waals surface area contributed by atoms with E-state index in [2.05, 4.69) is 20.7 Å². The molecule has 0 aromatic heterocycles. The summed E-state index contributed by atoms with van der Waals surface area (Å²) < 4.78 is 28.5. The zero-order chi connectivity index (χ0) is 16.6. The Bertz CT molecular complexity index is 983. The van der Waals surface area contributed by atoms with E-state index >= 15 is 0 Å². The van der Waals surface area contributed by atoms with E-state index in [0.29, 0.717) is 11.4 Å². The van der Waals surface area contributed by atoms with Crippen molar-refractivity contribution in [3.63, 3.8) is 0 Å². The molecule has 23 heavy (non-hydrogen) atoms. The highest BCUT2D eigenvalue weighted by Gasteiger charge is 2.16. The van der Waals surface area contributed by atoms with Gasteiger partial charge in [0.05, 0.1) is 16.3 Å². The maximum absolute atomic E-state index is 12.5. The average molecular weight is 391 g/mol. The van der Waals surface area contributed by atoms with Gasteiger partial charge in [0, 0.05) is 9.86 Å². The van der Waals surface area contributed by atoms with E-state index in [1.807, 2.05) is 31.2 Å². The Labute approximate surface area is 143 Å². The lowest BCUT2D eigenvalue weighted by Crippen LogP contribution is -2.14. The molecule has 4 nitrogen and oxygen atoms in total. The maximum atomic E-state index is 12.5. The lowest BCUT2D eigenvalue weighted by atomic mass is 10.1. The molecule has 0 aliphatic carbocycles. The number of hydrogen-bond donors (Lipinski definition) is 2. The minimum atomic E-state index is -3.67. The fourth-order valence-electron chi connectivity index (χ4n) is 2.33. The quantitative estimate of drug-likeness (QED) is 0.654. The predicted octanol–water partition coefficient (Wildman–Crippen LogP) is 4.29. The number of aryl methyl sites for hydroxylation is 1. The number of anilines is 2. The number of hydrogen-bond acceptors (Lipinski definition) is 3. The molecule has 0 saturated heterocycles. The number of fused-ring (bicyclic) bond motifs is 1. The van der Waals surface area contributed by atoms with Gasteiger partial charge < -0.3 is 5.73 Å². The van der Waals surface area contributed by atoms with Gasteiger partial charge in [-0.1, -0.05) is 45.8 Å². The number of sulfonamides is 1. The van der Waals surface area contributed by atoms with E-state index in [4.69, 9.17) is 5.73 Å². The highest BCUT2D eigenvalue weighted by atomic mass is 79.9. The summed E-state index contributed by atoms with van der Waals surface area (Å²) >= 11 is 3.41. The van der Waals surface area contributed by atoms with Gasteiger partial charge in [-0.05, 0) is 42.6 Å². The van der Waals surface area contributed by atoms with Crippen LogP contribution in [0.4, 0.5) is 11.4 Å². The van der Waals surface area contributed by atoms with Crippen LogP contribution in [0.3, 0.4) is 0 Å². The number of halogens is 1. The first-order chi connectivity index (χ1) is 10.9. The fourth-order valence-corrected chi connectivity index (χ4v) is 3.79. The van der Waals surface area contributed by atoms with Crippen LogP contribution in [0.2, 0.25) is 0 Å². The second-order valence-electron chi connectivity index (χ2n) is 5.31. The summed E-state index contributed by atoms with van der Waals surface area (Å²) in [6.45, 7) is 1.91. The standard InChI is InChI=1S/C17H15BrN2O2S/c1-11-2-6-14(7-3-11)23(21,22)20-16-9-4-12-10-13(18)5-8-15(12)17(16)19/h2-10,20H,19H2,1H3. The lowest BCUT2D eigenvalue weighted by Gasteiger charge is -2.12. The Morgan fingerprint density at radius 1 is 1.00 bits per heavy atom. The number of rotatable bonds is 3. The molecule has 0 heterocycles. The van der Waals surface area contributed by atoms with Crippen LogP contribution in [0.1, 0.15) is 5.56 Å². The van der Waals surface area contributed by atoms with Crippen LogP contribution >= 0.6 is 15.9 Å². The smallest absolute Gasteiger partial charge is 0.261 e. The normalized spacial score (nSPS) is 11.6. The SMILES string of the molecule is Cc1ccc(S(=O)(=O)Nc2ccc3cc(Br)ccc3c2N)cc1. The van der Waals surface area contributed by atoms with Gasteiger partial charge in [-0.15, -0.1) is 0 Å². The molecule has 0 bridgehead atoms. The molecule has 3 rings (SSSR count). The van der Waals surface area contributed by atoms with Crippen molar-refractivity contribution in [2.75, 3.05) is 10.5 Å². The zero-order valence-electron chi connectivity index (χ0n) is 12.4. The summed E-state index contributed by atoms with van der Waals surface area (Å²) in [5.74, 6) is 0. The molecule has 0 radical (unpaired) electrons. The Balaban J connectivity index is 2.02. The minimum Gasteiger partial charge on any atom is -0.397 e. The molecule has 0 saturated carbocycles. The van der Waals surface area contributed by atoms with Crippen LogP contribution in [0.15, 0.2) is 64.0 Å². The summed E-state index contributed by atoms with van der Waals surface area (Å²) in [4.78, 5) is 0.207. The second-order valence-corrected chi connectivity index (χ2v) is 7.91. The van der Waals surface area contributed by atoms with Crippen molar-refractivity contribution in [1.29, 1.82) is 0 Å². The van der Waals surface area contributed by atoms with Gasteiger partial charge in [-0.2, -0.15) is 0 Å². The van der Waals surface area contributed by atoms with E-state index in [1.165, 1.54) is 0 Å². The highest BCUT2D eigenvalue weighted by molar-refractivity contribution is 9.10. The molecule has 0 aliphatic rings. The van der Waals surface area contributed by atoms with Gasteiger partial charge >= 0.3 is 0 Å². The van der Waals surface area contributed by atoms with Crippen LogP contribution in [0.25, 0.3) is 10.8 Å². The van der Waals surface area contributed by atoms with Gasteiger partial charge in [-0.25, -0.2) is 8.42 Å². The van der Waals surface area contributed by atoms with Crippen LogP contribution in [-0.2, 0) is 10.0 Å². The molecule has 0 unspecified atom stereocenters. The van der Waals surface area contributed by atoms with E-state index in [-0.39, 0.29) is 4.90 Å². The first-order valence-electron chi connectivity index (χ1n) is 6.94. The molecule has 0 amide bonds. The Morgan fingerprint density at radius 3 is 2.39 bits per heavy atom. The monoisotopic (exact) mass is 390 g/mol. The lowest BCUT2D eigenvalue weighted by molar-refractivity contribution is 0.601. The van der Waals surface area contributed by atoms with E-state index in [9.17, 15) is 8.42 Å². The van der Waals surface area contributed by atoms with Crippen molar-refractivity contribution in [3.8, 4) is 0 Å². The molecule has 0 fully saturated rings. The maximum Gasteiger partial charge on any atom is 0.261 e. The van der Waals surface area contributed by atoms with Crippen molar-refractivity contribution in [1.82, 2.24) is 0 Å². The molecule has 3 N–H and O–H groups in total. The summed E-state index contributed by atoms with van der Waals surface area (Å²) in [5, 5.41) is 1.74. The number of benzene rings is 3. The zero-order valence-corrected chi connectivity index (χ0v) is 14.8. The van der Waals surface area contributed by atoms with Crippen molar-refractivity contribution in [2.45, 2.75) is 11.8 Å². The van der Waals surface area contributed by atoms with Crippen LogP contribution < -0.4 is 10.5 Å². The van der Waals surface area contributed by atoms with Gasteiger partial charge in [0.25, 0.3) is 10.0 Å². The van der Waals surface area contributed by atoms with E-state index in [1.54, 1.807) is 30.3 Å². The number of nitrogen functional groups attached to an aromatic ring is 1. The molecular formula is C17H15BrN2O2S.